The van der Waals surface area contributed by atoms with E-state index >= 15 is 0 Å². The molecule has 0 radical (unpaired) electrons. The summed E-state index contributed by atoms with van der Waals surface area (Å²) in [5, 5.41) is 7.65. The van der Waals surface area contributed by atoms with Gasteiger partial charge >= 0.3 is 0 Å². The Morgan fingerprint density at radius 2 is 2.00 bits per heavy atom. The molecule has 6 nitrogen and oxygen atoms in total. The molecule has 2 heterocycles. The Labute approximate surface area is 199 Å². The van der Waals surface area contributed by atoms with Gasteiger partial charge in [0, 0.05) is 49.9 Å². The second kappa shape index (κ2) is 10.2. The Bertz CT molecular complexity index is 893. The molecule has 1 aliphatic heterocycles. The van der Waals surface area contributed by atoms with Crippen molar-refractivity contribution in [2.75, 3.05) is 33.3 Å². The van der Waals surface area contributed by atoms with Gasteiger partial charge < -0.3 is 15.0 Å². The molecular formula is C22H30F2IN5O. The summed E-state index contributed by atoms with van der Waals surface area (Å²) in [5.74, 6) is -0.191. The highest BCUT2D eigenvalue weighted by Crippen LogP contribution is 2.42. The van der Waals surface area contributed by atoms with Gasteiger partial charge in [0.2, 0.25) is 0 Å². The average Bonchev–Trinajstić information content (AvgIpc) is 3.38. The predicted molar refractivity (Wildman–Crippen MR) is 127 cm³/mol. The number of hydrogen-bond donors (Lipinski definition) is 1. The molecule has 9 heteroatoms. The molecule has 4 rings (SSSR count). The summed E-state index contributed by atoms with van der Waals surface area (Å²) < 4.78 is 36.9. The van der Waals surface area contributed by atoms with Crippen LogP contribution in [-0.4, -0.2) is 53.9 Å². The third-order valence-electron chi connectivity index (χ3n) is 6.31. The maximum atomic E-state index is 14.6. The van der Waals surface area contributed by atoms with Crippen LogP contribution < -0.4 is 5.32 Å². The van der Waals surface area contributed by atoms with Crippen molar-refractivity contribution in [2.45, 2.75) is 37.2 Å². The molecule has 1 atom stereocenters. The number of guanidine groups is 1. The molecule has 1 saturated carbocycles. The van der Waals surface area contributed by atoms with Gasteiger partial charge in [-0.05, 0) is 25.0 Å². The van der Waals surface area contributed by atoms with Crippen molar-refractivity contribution in [1.82, 2.24) is 20.0 Å². The van der Waals surface area contributed by atoms with Crippen LogP contribution >= 0.6 is 24.0 Å². The normalized spacial score (nSPS) is 21.1. The molecule has 0 bridgehead atoms. The lowest BCUT2D eigenvalue weighted by atomic mass is 9.78. The molecule has 1 aromatic heterocycles. The molecule has 1 N–H and O–H groups in total. The molecule has 1 aliphatic carbocycles. The summed E-state index contributed by atoms with van der Waals surface area (Å²) in [6.45, 7) is 2.38. The second-order valence-corrected chi connectivity index (χ2v) is 8.24. The van der Waals surface area contributed by atoms with Gasteiger partial charge in [-0.3, -0.25) is 9.67 Å². The SMILES string of the molecule is CN=C(NCC1(c2c(F)cccc2F)CCCC1)N1CCOC(c2cnn(C)c2)C1.I. The quantitative estimate of drug-likeness (QED) is 0.361. The van der Waals surface area contributed by atoms with E-state index in [2.05, 4.69) is 20.3 Å². The van der Waals surface area contributed by atoms with Crippen molar-refractivity contribution in [3.05, 3.63) is 53.4 Å². The van der Waals surface area contributed by atoms with Crippen molar-refractivity contribution >= 4 is 29.9 Å². The topological polar surface area (TPSA) is 54.7 Å². The Morgan fingerprint density at radius 1 is 1.29 bits per heavy atom. The van der Waals surface area contributed by atoms with E-state index in [1.54, 1.807) is 11.7 Å². The van der Waals surface area contributed by atoms with Gasteiger partial charge in [0.15, 0.2) is 5.96 Å². The van der Waals surface area contributed by atoms with E-state index in [1.165, 1.54) is 18.2 Å². The number of ether oxygens (including phenoxy) is 1. The largest absolute Gasteiger partial charge is 0.370 e. The first-order valence-electron chi connectivity index (χ1n) is 10.5. The molecule has 0 spiro atoms. The fourth-order valence-electron chi connectivity index (χ4n) is 4.80. The third-order valence-corrected chi connectivity index (χ3v) is 6.31. The summed E-state index contributed by atoms with van der Waals surface area (Å²) in [6.07, 6.45) is 7.14. The monoisotopic (exact) mass is 545 g/mol. The van der Waals surface area contributed by atoms with Gasteiger partial charge in [-0.2, -0.15) is 5.10 Å². The number of hydrogen-bond acceptors (Lipinski definition) is 3. The van der Waals surface area contributed by atoms with Crippen LogP contribution in [0.5, 0.6) is 0 Å². The Morgan fingerprint density at radius 3 is 2.61 bits per heavy atom. The number of halogens is 3. The number of morpholine rings is 1. The Hall–Kier alpha value is -1.75. The molecule has 1 aromatic carbocycles. The van der Waals surface area contributed by atoms with Crippen molar-refractivity contribution in [1.29, 1.82) is 0 Å². The van der Waals surface area contributed by atoms with E-state index in [0.717, 1.165) is 37.2 Å². The van der Waals surface area contributed by atoms with Gasteiger partial charge in [0.1, 0.15) is 17.7 Å². The zero-order valence-corrected chi connectivity index (χ0v) is 20.3. The highest BCUT2D eigenvalue weighted by Gasteiger charge is 2.40. The van der Waals surface area contributed by atoms with Gasteiger partial charge in [-0.1, -0.05) is 18.9 Å². The van der Waals surface area contributed by atoms with Crippen LogP contribution in [0, 0.1) is 11.6 Å². The molecule has 1 saturated heterocycles. The molecule has 2 fully saturated rings. The van der Waals surface area contributed by atoms with Gasteiger partial charge in [0.25, 0.3) is 0 Å². The van der Waals surface area contributed by atoms with Crippen molar-refractivity contribution in [2.24, 2.45) is 12.0 Å². The maximum absolute atomic E-state index is 14.6. The minimum absolute atomic E-state index is 0. The molecule has 2 aromatic rings. The lowest BCUT2D eigenvalue weighted by Gasteiger charge is -2.37. The zero-order chi connectivity index (χ0) is 21.1. The third kappa shape index (κ3) is 5.02. The van der Waals surface area contributed by atoms with E-state index in [-0.39, 0.29) is 35.6 Å². The van der Waals surface area contributed by atoms with Crippen LogP contribution in [0.15, 0.2) is 35.6 Å². The minimum Gasteiger partial charge on any atom is -0.370 e. The smallest absolute Gasteiger partial charge is 0.193 e. The fourth-order valence-corrected chi connectivity index (χ4v) is 4.80. The molecule has 170 valence electrons. The first kappa shape index (κ1) is 23.9. The van der Waals surface area contributed by atoms with E-state index in [0.29, 0.717) is 26.2 Å². The van der Waals surface area contributed by atoms with Crippen molar-refractivity contribution in [3.8, 4) is 0 Å². The molecule has 1 unspecified atom stereocenters. The number of aromatic nitrogens is 2. The van der Waals surface area contributed by atoms with E-state index < -0.39 is 17.0 Å². The van der Waals surface area contributed by atoms with E-state index in [4.69, 9.17) is 4.74 Å². The zero-order valence-electron chi connectivity index (χ0n) is 18.0. The van der Waals surface area contributed by atoms with E-state index in [9.17, 15) is 8.78 Å². The highest BCUT2D eigenvalue weighted by atomic mass is 127. The highest BCUT2D eigenvalue weighted by molar-refractivity contribution is 14.0. The summed E-state index contributed by atoms with van der Waals surface area (Å²) in [6, 6.07) is 4.14. The first-order chi connectivity index (χ1) is 14.5. The lowest BCUT2D eigenvalue weighted by molar-refractivity contribution is -0.00811. The van der Waals surface area contributed by atoms with Crippen LogP contribution in [0.1, 0.15) is 42.9 Å². The van der Waals surface area contributed by atoms with Crippen molar-refractivity contribution < 1.29 is 13.5 Å². The van der Waals surface area contributed by atoms with Crippen LogP contribution in [0.25, 0.3) is 0 Å². The van der Waals surface area contributed by atoms with E-state index in [1.807, 2.05) is 19.4 Å². The van der Waals surface area contributed by atoms with Gasteiger partial charge in [-0.15, -0.1) is 24.0 Å². The summed E-state index contributed by atoms with van der Waals surface area (Å²) in [5.41, 5.74) is 0.680. The number of rotatable bonds is 4. The Balaban J connectivity index is 0.00000272. The van der Waals surface area contributed by atoms with Crippen LogP contribution in [0.3, 0.4) is 0 Å². The standard InChI is InChI=1S/C22H29F2N5O.HI/c1-25-21(29-10-11-30-19(14-29)16-12-27-28(2)13-16)26-15-22(8-3-4-9-22)20-17(23)6-5-7-18(20)24;/h5-7,12-13,19H,3-4,8-11,14-15H2,1-2H3,(H,25,26);1H. The molecule has 31 heavy (non-hydrogen) atoms. The molecular weight excluding hydrogens is 515 g/mol. The predicted octanol–water partition coefficient (Wildman–Crippen LogP) is 3.78. The molecule has 2 aliphatic rings. The van der Waals surface area contributed by atoms with Gasteiger partial charge in [-0.25, -0.2) is 8.78 Å². The fraction of sp³-hybridized carbons (Fsp3) is 0.545. The minimum atomic E-state index is -0.555. The number of aliphatic imine (C=N–C) groups is 1. The van der Waals surface area contributed by atoms with Crippen LogP contribution in [0.2, 0.25) is 0 Å². The number of aryl methyl sites for hydroxylation is 1. The molecule has 0 amide bonds. The number of benzene rings is 1. The summed E-state index contributed by atoms with van der Waals surface area (Å²) in [7, 11) is 3.62. The Kier molecular flexibility index (Phi) is 7.90. The average molecular weight is 545 g/mol. The number of nitrogens with one attached hydrogen (secondary N) is 1. The van der Waals surface area contributed by atoms with Crippen LogP contribution in [-0.2, 0) is 17.2 Å². The first-order valence-corrected chi connectivity index (χ1v) is 10.5. The maximum Gasteiger partial charge on any atom is 0.193 e. The van der Waals surface area contributed by atoms with Gasteiger partial charge in [0.05, 0.1) is 19.3 Å². The van der Waals surface area contributed by atoms with Crippen LogP contribution in [0.4, 0.5) is 8.78 Å². The van der Waals surface area contributed by atoms with Crippen molar-refractivity contribution in [3.63, 3.8) is 0 Å². The summed E-state index contributed by atoms with van der Waals surface area (Å²) in [4.78, 5) is 6.58. The number of nitrogens with zero attached hydrogens (tertiary/aromatic N) is 4. The lowest BCUT2D eigenvalue weighted by Crippen LogP contribution is -2.51. The summed E-state index contributed by atoms with van der Waals surface area (Å²) >= 11 is 0. The second-order valence-electron chi connectivity index (χ2n) is 8.24.